The molecule has 3 N–H and O–H groups in total. The second-order valence-electron chi connectivity index (χ2n) is 4.91. The van der Waals surface area contributed by atoms with Crippen molar-refractivity contribution in [3.63, 3.8) is 0 Å². The van der Waals surface area contributed by atoms with Gasteiger partial charge < -0.3 is 20.5 Å². The normalized spacial score (nSPS) is 20.2. The number of nitrogens with zero attached hydrogens (tertiary/aromatic N) is 3. The molecule has 0 saturated carbocycles. The third-order valence-electron chi connectivity index (χ3n) is 3.29. The first-order chi connectivity index (χ1) is 8.69. The zero-order valence-electron chi connectivity index (χ0n) is 10.8. The molecule has 0 aromatic carbocycles. The Morgan fingerprint density at radius 2 is 2.50 bits per heavy atom. The molecule has 0 bridgehead atoms. The highest BCUT2D eigenvalue weighted by molar-refractivity contribution is 5.91. The summed E-state index contributed by atoms with van der Waals surface area (Å²) in [4.78, 5) is 18.2. The summed E-state index contributed by atoms with van der Waals surface area (Å²) >= 11 is 0. The second kappa shape index (κ2) is 5.97. The lowest BCUT2D eigenvalue weighted by molar-refractivity contribution is 0.0943. The summed E-state index contributed by atoms with van der Waals surface area (Å²) in [5.74, 6) is 0.463. The van der Waals surface area contributed by atoms with Crippen molar-refractivity contribution in [2.75, 3.05) is 33.2 Å². The Hall–Kier alpha value is -1.40. The maximum absolute atomic E-state index is 11.9. The molecule has 1 aromatic heterocycles. The fourth-order valence-corrected chi connectivity index (χ4v) is 2.27. The number of aromatic nitrogens is 2. The van der Waals surface area contributed by atoms with Crippen molar-refractivity contribution in [2.45, 2.75) is 13.0 Å². The van der Waals surface area contributed by atoms with E-state index in [9.17, 15) is 4.79 Å². The topological polar surface area (TPSA) is 76.2 Å². The molecule has 1 unspecified atom stereocenters. The molecule has 2 rings (SSSR count). The van der Waals surface area contributed by atoms with Crippen LogP contribution in [-0.4, -0.2) is 53.6 Å². The zero-order valence-corrected chi connectivity index (χ0v) is 10.8. The molecule has 1 aliphatic heterocycles. The van der Waals surface area contributed by atoms with Crippen LogP contribution in [0.3, 0.4) is 0 Å². The van der Waals surface area contributed by atoms with Crippen molar-refractivity contribution in [3.8, 4) is 0 Å². The average molecular weight is 251 g/mol. The van der Waals surface area contributed by atoms with Crippen molar-refractivity contribution in [1.82, 2.24) is 19.8 Å². The van der Waals surface area contributed by atoms with Crippen LogP contribution >= 0.6 is 0 Å². The van der Waals surface area contributed by atoms with Gasteiger partial charge in [-0.2, -0.15) is 0 Å². The largest absolute Gasteiger partial charge is 0.350 e. The number of likely N-dealkylation sites (tertiary alicyclic amines) is 1. The molecule has 1 atom stereocenters. The van der Waals surface area contributed by atoms with Gasteiger partial charge in [-0.1, -0.05) is 0 Å². The lowest BCUT2D eigenvalue weighted by Gasteiger charge is -2.10. The lowest BCUT2D eigenvalue weighted by Crippen LogP contribution is -2.30. The summed E-state index contributed by atoms with van der Waals surface area (Å²) in [6.07, 6.45) is 4.53. The SMILES string of the molecule is CN1CCC(CNC(=O)c2cn(CCN)cn2)C1. The number of carbonyl (C=O) groups is 1. The standard InChI is InChI=1S/C12H21N5O/c1-16-4-2-10(7-16)6-14-12(18)11-8-17(5-3-13)9-15-11/h8-10H,2-7,13H2,1H3,(H,14,18). The van der Waals surface area contributed by atoms with E-state index in [1.54, 1.807) is 12.5 Å². The minimum absolute atomic E-state index is 0.0969. The Balaban J connectivity index is 1.80. The Kier molecular flexibility index (Phi) is 4.33. The molecule has 0 radical (unpaired) electrons. The number of imidazole rings is 1. The summed E-state index contributed by atoms with van der Waals surface area (Å²) in [6, 6.07) is 0. The highest BCUT2D eigenvalue weighted by Gasteiger charge is 2.20. The van der Waals surface area contributed by atoms with E-state index in [4.69, 9.17) is 5.73 Å². The van der Waals surface area contributed by atoms with E-state index < -0.39 is 0 Å². The van der Waals surface area contributed by atoms with Gasteiger partial charge in [-0.05, 0) is 25.9 Å². The van der Waals surface area contributed by atoms with Gasteiger partial charge in [0.2, 0.25) is 0 Å². The molecule has 1 fully saturated rings. The first-order valence-electron chi connectivity index (χ1n) is 6.37. The summed E-state index contributed by atoms with van der Waals surface area (Å²) in [5.41, 5.74) is 5.91. The molecule has 1 aromatic rings. The van der Waals surface area contributed by atoms with Crippen LogP contribution in [-0.2, 0) is 6.54 Å². The van der Waals surface area contributed by atoms with Crippen LogP contribution in [0, 0.1) is 5.92 Å². The van der Waals surface area contributed by atoms with Gasteiger partial charge in [0.25, 0.3) is 5.91 Å². The van der Waals surface area contributed by atoms with Gasteiger partial charge in [-0.15, -0.1) is 0 Å². The minimum Gasteiger partial charge on any atom is -0.350 e. The van der Waals surface area contributed by atoms with Gasteiger partial charge in [0.05, 0.1) is 6.33 Å². The monoisotopic (exact) mass is 251 g/mol. The summed E-state index contributed by atoms with van der Waals surface area (Å²) in [6.45, 7) is 4.14. The molecule has 1 saturated heterocycles. The van der Waals surface area contributed by atoms with Crippen LogP contribution in [0.25, 0.3) is 0 Å². The van der Waals surface area contributed by atoms with Crippen LogP contribution in [0.4, 0.5) is 0 Å². The van der Waals surface area contributed by atoms with Gasteiger partial charge in [-0.3, -0.25) is 4.79 Å². The molecular weight excluding hydrogens is 230 g/mol. The molecule has 6 nitrogen and oxygen atoms in total. The lowest BCUT2D eigenvalue weighted by atomic mass is 10.1. The molecule has 1 amide bonds. The van der Waals surface area contributed by atoms with E-state index >= 15 is 0 Å². The summed E-state index contributed by atoms with van der Waals surface area (Å²) in [5, 5.41) is 2.94. The van der Waals surface area contributed by atoms with Gasteiger partial charge in [0.1, 0.15) is 5.69 Å². The number of nitrogens with two attached hydrogens (primary N) is 1. The Morgan fingerprint density at radius 1 is 1.67 bits per heavy atom. The summed E-state index contributed by atoms with van der Waals surface area (Å²) in [7, 11) is 2.11. The van der Waals surface area contributed by atoms with Gasteiger partial charge in [-0.25, -0.2) is 4.98 Å². The first kappa shape index (κ1) is 13.0. The smallest absolute Gasteiger partial charge is 0.271 e. The third-order valence-corrected chi connectivity index (χ3v) is 3.29. The van der Waals surface area contributed by atoms with Crippen molar-refractivity contribution < 1.29 is 4.79 Å². The zero-order chi connectivity index (χ0) is 13.0. The highest BCUT2D eigenvalue weighted by atomic mass is 16.1. The van der Waals surface area contributed by atoms with Gasteiger partial charge in [0, 0.05) is 32.4 Å². The van der Waals surface area contributed by atoms with Crippen molar-refractivity contribution in [3.05, 3.63) is 18.2 Å². The highest BCUT2D eigenvalue weighted by Crippen LogP contribution is 2.12. The number of nitrogens with one attached hydrogen (secondary N) is 1. The maximum Gasteiger partial charge on any atom is 0.271 e. The molecule has 0 spiro atoms. The molecule has 2 heterocycles. The van der Waals surface area contributed by atoms with E-state index in [0.717, 1.165) is 26.1 Å². The first-order valence-corrected chi connectivity index (χ1v) is 6.37. The van der Waals surface area contributed by atoms with Crippen LogP contribution < -0.4 is 11.1 Å². The van der Waals surface area contributed by atoms with Crippen LogP contribution in [0.15, 0.2) is 12.5 Å². The van der Waals surface area contributed by atoms with Crippen LogP contribution in [0.1, 0.15) is 16.9 Å². The molecule has 6 heteroatoms. The van der Waals surface area contributed by atoms with E-state index in [1.165, 1.54) is 0 Å². The van der Waals surface area contributed by atoms with E-state index in [0.29, 0.717) is 24.7 Å². The molecule has 0 aliphatic carbocycles. The number of hydrogen-bond acceptors (Lipinski definition) is 4. The third kappa shape index (κ3) is 3.30. The second-order valence-corrected chi connectivity index (χ2v) is 4.91. The minimum atomic E-state index is -0.0969. The van der Waals surface area contributed by atoms with E-state index in [-0.39, 0.29) is 5.91 Å². The Morgan fingerprint density at radius 3 is 3.17 bits per heavy atom. The molecule has 1 aliphatic rings. The maximum atomic E-state index is 11.9. The number of carbonyl (C=O) groups excluding carboxylic acids is 1. The van der Waals surface area contributed by atoms with E-state index in [1.807, 2.05) is 4.57 Å². The fourth-order valence-electron chi connectivity index (χ4n) is 2.27. The van der Waals surface area contributed by atoms with Gasteiger partial charge in [0.15, 0.2) is 0 Å². The number of hydrogen-bond donors (Lipinski definition) is 2. The van der Waals surface area contributed by atoms with Crippen molar-refractivity contribution >= 4 is 5.91 Å². The fraction of sp³-hybridized carbons (Fsp3) is 0.667. The predicted octanol–water partition coefficient (Wildman–Crippen LogP) is -0.477. The summed E-state index contributed by atoms with van der Waals surface area (Å²) < 4.78 is 1.83. The van der Waals surface area contributed by atoms with Crippen molar-refractivity contribution in [2.24, 2.45) is 11.7 Å². The molecule has 18 heavy (non-hydrogen) atoms. The van der Waals surface area contributed by atoms with Crippen molar-refractivity contribution in [1.29, 1.82) is 0 Å². The van der Waals surface area contributed by atoms with Gasteiger partial charge >= 0.3 is 0 Å². The number of amides is 1. The average Bonchev–Trinajstić information content (AvgIpc) is 2.96. The number of rotatable bonds is 5. The van der Waals surface area contributed by atoms with Crippen LogP contribution in [0.5, 0.6) is 0 Å². The van der Waals surface area contributed by atoms with E-state index in [2.05, 4.69) is 22.2 Å². The Labute approximate surface area is 107 Å². The molecular formula is C12H21N5O. The predicted molar refractivity (Wildman–Crippen MR) is 69.2 cm³/mol. The van der Waals surface area contributed by atoms with Crippen LogP contribution in [0.2, 0.25) is 0 Å². The molecule has 100 valence electrons. The quantitative estimate of drug-likeness (QED) is 0.741. The Bertz CT molecular complexity index is 403.